The summed E-state index contributed by atoms with van der Waals surface area (Å²) in [5, 5.41) is 0. The van der Waals surface area contributed by atoms with Crippen LogP contribution in [0.25, 0.3) is 0 Å². The topological polar surface area (TPSA) is 61.5 Å². The third-order valence-corrected chi connectivity index (χ3v) is 5.14. The van der Waals surface area contributed by atoms with Crippen LogP contribution in [0.3, 0.4) is 0 Å². The highest BCUT2D eigenvalue weighted by Gasteiger charge is 2.22. The number of nitrogens with zero attached hydrogens (tertiary/aromatic N) is 3. The second kappa shape index (κ2) is 7.74. The summed E-state index contributed by atoms with van der Waals surface area (Å²) in [6.07, 6.45) is 1.14. The Morgan fingerprint density at radius 1 is 1.11 bits per heavy atom. The zero-order valence-corrected chi connectivity index (χ0v) is 15.0. The van der Waals surface area contributed by atoms with Crippen molar-refractivity contribution in [2.45, 2.75) is 19.4 Å². The van der Waals surface area contributed by atoms with E-state index in [-0.39, 0.29) is 5.56 Å². The Morgan fingerprint density at radius 3 is 2.70 bits per heavy atom. The summed E-state index contributed by atoms with van der Waals surface area (Å²) in [6.45, 7) is 4.19. The highest BCUT2D eigenvalue weighted by atomic mass is 19.1. The lowest BCUT2D eigenvalue weighted by Crippen LogP contribution is -2.38. The minimum atomic E-state index is -0.447. The number of rotatable bonds is 3. The Morgan fingerprint density at radius 2 is 1.89 bits per heavy atom. The molecule has 0 unspecified atom stereocenters. The summed E-state index contributed by atoms with van der Waals surface area (Å²) in [6, 6.07) is 3.50. The molecule has 0 radical (unpaired) electrons. The number of ether oxygens (including phenoxy) is 1. The Kier molecular flexibility index (Phi) is 5.18. The fourth-order valence-electron chi connectivity index (χ4n) is 3.63. The molecule has 1 N–H and O–H groups in total. The van der Waals surface area contributed by atoms with Crippen molar-refractivity contribution in [2.75, 3.05) is 44.3 Å². The monoisotopic (exact) mass is 376 g/mol. The van der Waals surface area contributed by atoms with Gasteiger partial charge in [0.1, 0.15) is 11.6 Å². The van der Waals surface area contributed by atoms with E-state index in [2.05, 4.69) is 9.97 Å². The predicted molar refractivity (Wildman–Crippen MR) is 96.9 cm³/mol. The van der Waals surface area contributed by atoms with E-state index in [1.165, 1.54) is 6.07 Å². The average molecular weight is 376 g/mol. The van der Waals surface area contributed by atoms with Crippen molar-refractivity contribution in [2.24, 2.45) is 0 Å². The number of hydrogen-bond donors (Lipinski definition) is 1. The van der Waals surface area contributed by atoms with Crippen LogP contribution in [0.15, 0.2) is 23.0 Å². The lowest BCUT2D eigenvalue weighted by molar-refractivity contribution is 0.122. The molecular formula is C19H22F2N4O2. The molecule has 8 heteroatoms. The van der Waals surface area contributed by atoms with E-state index in [0.29, 0.717) is 75.9 Å². The Hall–Kier alpha value is -2.32. The second-order valence-electron chi connectivity index (χ2n) is 6.93. The van der Waals surface area contributed by atoms with E-state index < -0.39 is 11.6 Å². The van der Waals surface area contributed by atoms with Crippen molar-refractivity contribution in [3.8, 4) is 0 Å². The second-order valence-corrected chi connectivity index (χ2v) is 6.93. The molecule has 4 rings (SSSR count). The van der Waals surface area contributed by atoms with Gasteiger partial charge in [0, 0.05) is 50.3 Å². The number of morpholine rings is 1. The van der Waals surface area contributed by atoms with Gasteiger partial charge in [-0.15, -0.1) is 0 Å². The van der Waals surface area contributed by atoms with Gasteiger partial charge < -0.3 is 9.64 Å². The largest absolute Gasteiger partial charge is 0.378 e. The molecule has 2 aliphatic heterocycles. The molecule has 0 amide bonds. The summed E-state index contributed by atoms with van der Waals surface area (Å²) < 4.78 is 32.7. The van der Waals surface area contributed by atoms with Gasteiger partial charge in [0.25, 0.3) is 5.56 Å². The van der Waals surface area contributed by atoms with E-state index in [1.807, 2.05) is 9.80 Å². The molecule has 1 aromatic heterocycles. The Balaban J connectivity index is 1.51. The molecule has 0 aliphatic carbocycles. The molecule has 1 saturated heterocycles. The van der Waals surface area contributed by atoms with Crippen LogP contribution in [0.5, 0.6) is 0 Å². The standard InChI is InChI=1S/C19H22F2N4O2/c20-14-1-2-16(21)13(11-14)12-24-5-3-15-17(4-6-24)22-19(23-18(15)26)25-7-9-27-10-8-25/h1-2,11H,3-10,12H2,(H,22,23,26). The minimum absolute atomic E-state index is 0.111. The van der Waals surface area contributed by atoms with Crippen LogP contribution in [0.4, 0.5) is 14.7 Å². The van der Waals surface area contributed by atoms with Gasteiger partial charge in [-0.3, -0.25) is 14.7 Å². The van der Waals surface area contributed by atoms with E-state index in [1.54, 1.807) is 0 Å². The number of hydrogen-bond acceptors (Lipinski definition) is 5. The van der Waals surface area contributed by atoms with Crippen molar-refractivity contribution in [1.82, 2.24) is 14.9 Å². The van der Waals surface area contributed by atoms with Crippen molar-refractivity contribution in [1.29, 1.82) is 0 Å². The summed E-state index contributed by atoms with van der Waals surface area (Å²) in [5.41, 5.74) is 1.70. The number of anilines is 1. The fourth-order valence-corrected chi connectivity index (χ4v) is 3.63. The Bertz CT molecular complexity index is 880. The first-order valence-corrected chi connectivity index (χ1v) is 9.21. The summed E-state index contributed by atoms with van der Waals surface area (Å²) >= 11 is 0. The first-order valence-electron chi connectivity index (χ1n) is 9.21. The molecule has 0 atom stereocenters. The zero-order chi connectivity index (χ0) is 18.8. The molecule has 2 aromatic rings. The molecule has 0 saturated carbocycles. The molecule has 2 aliphatic rings. The molecule has 0 bridgehead atoms. The van der Waals surface area contributed by atoms with Gasteiger partial charge in [0.2, 0.25) is 5.95 Å². The number of H-pyrrole nitrogens is 1. The van der Waals surface area contributed by atoms with Crippen LogP contribution in [-0.2, 0) is 24.1 Å². The predicted octanol–water partition coefficient (Wildman–Crippen LogP) is 1.49. The number of aromatic amines is 1. The molecule has 3 heterocycles. The number of nitrogens with one attached hydrogen (secondary N) is 1. The first kappa shape index (κ1) is 18.1. The molecule has 0 spiro atoms. The molecule has 27 heavy (non-hydrogen) atoms. The fraction of sp³-hybridized carbons (Fsp3) is 0.474. The number of aromatic nitrogens is 2. The average Bonchev–Trinajstić information content (AvgIpc) is 2.88. The third kappa shape index (κ3) is 4.01. The van der Waals surface area contributed by atoms with E-state index in [0.717, 1.165) is 17.8 Å². The first-order chi connectivity index (χ1) is 13.1. The summed E-state index contributed by atoms with van der Waals surface area (Å²) in [7, 11) is 0. The minimum Gasteiger partial charge on any atom is -0.378 e. The maximum absolute atomic E-state index is 13.9. The van der Waals surface area contributed by atoms with Crippen molar-refractivity contribution in [3.05, 3.63) is 57.0 Å². The van der Waals surface area contributed by atoms with Gasteiger partial charge in [0.05, 0.1) is 18.9 Å². The van der Waals surface area contributed by atoms with Gasteiger partial charge >= 0.3 is 0 Å². The lowest BCUT2D eigenvalue weighted by atomic mass is 10.1. The molecule has 1 aromatic carbocycles. The van der Waals surface area contributed by atoms with Gasteiger partial charge in [0.15, 0.2) is 0 Å². The van der Waals surface area contributed by atoms with E-state index in [4.69, 9.17) is 4.74 Å². The molecular weight excluding hydrogens is 354 g/mol. The van der Waals surface area contributed by atoms with Crippen LogP contribution in [0, 0.1) is 11.6 Å². The highest BCUT2D eigenvalue weighted by molar-refractivity contribution is 5.34. The van der Waals surface area contributed by atoms with E-state index >= 15 is 0 Å². The van der Waals surface area contributed by atoms with Gasteiger partial charge in [-0.25, -0.2) is 13.8 Å². The van der Waals surface area contributed by atoms with Crippen molar-refractivity contribution in [3.63, 3.8) is 0 Å². The quantitative estimate of drug-likeness (QED) is 0.880. The molecule has 1 fully saturated rings. The van der Waals surface area contributed by atoms with Crippen molar-refractivity contribution >= 4 is 5.95 Å². The number of benzene rings is 1. The summed E-state index contributed by atoms with van der Waals surface area (Å²) in [4.78, 5) is 24.2. The Labute approximate surface area is 155 Å². The van der Waals surface area contributed by atoms with Gasteiger partial charge in [-0.1, -0.05) is 0 Å². The maximum Gasteiger partial charge on any atom is 0.255 e. The molecule has 144 valence electrons. The number of fused-ring (bicyclic) bond motifs is 1. The van der Waals surface area contributed by atoms with Crippen LogP contribution < -0.4 is 10.5 Å². The smallest absolute Gasteiger partial charge is 0.255 e. The van der Waals surface area contributed by atoms with Gasteiger partial charge in [-0.05, 0) is 24.6 Å². The normalized spacial score (nSPS) is 18.2. The van der Waals surface area contributed by atoms with Crippen LogP contribution in [0.1, 0.15) is 16.8 Å². The molecule has 6 nitrogen and oxygen atoms in total. The lowest BCUT2D eigenvalue weighted by Gasteiger charge is -2.27. The van der Waals surface area contributed by atoms with Crippen LogP contribution in [-0.4, -0.2) is 54.3 Å². The zero-order valence-electron chi connectivity index (χ0n) is 15.0. The van der Waals surface area contributed by atoms with Crippen LogP contribution in [0.2, 0.25) is 0 Å². The highest BCUT2D eigenvalue weighted by Crippen LogP contribution is 2.18. The third-order valence-electron chi connectivity index (χ3n) is 5.14. The van der Waals surface area contributed by atoms with Crippen molar-refractivity contribution < 1.29 is 13.5 Å². The SMILES string of the molecule is O=c1[nH]c(N2CCOCC2)nc2c1CCN(Cc1cc(F)ccc1F)CC2. The maximum atomic E-state index is 13.9. The van der Waals surface area contributed by atoms with Gasteiger partial charge in [-0.2, -0.15) is 0 Å². The summed E-state index contributed by atoms with van der Waals surface area (Å²) in [5.74, 6) is -0.270. The van der Waals surface area contributed by atoms with E-state index in [9.17, 15) is 13.6 Å². The number of halogens is 2. The van der Waals surface area contributed by atoms with Crippen LogP contribution >= 0.6 is 0 Å².